The number of carbonyl (C=O) groups excluding carboxylic acids is 1. The van der Waals surface area contributed by atoms with Crippen LogP contribution in [0.1, 0.15) is 5.56 Å². The molecule has 0 aliphatic carbocycles. The number of aromatic nitrogens is 1. The van der Waals surface area contributed by atoms with E-state index in [1.54, 1.807) is 6.20 Å². The Kier molecular flexibility index (Phi) is 4.56. The lowest BCUT2D eigenvalue weighted by atomic mass is 10.0. The fourth-order valence-corrected chi connectivity index (χ4v) is 3.36. The van der Waals surface area contributed by atoms with Gasteiger partial charge in [-0.15, -0.1) is 11.3 Å². The number of aryl methyl sites for hydroxylation is 1. The summed E-state index contributed by atoms with van der Waals surface area (Å²) < 4.78 is 0. The molecule has 1 aromatic heterocycles. The predicted octanol–water partition coefficient (Wildman–Crippen LogP) is 5.44. The Balaban J connectivity index is 1.79. The second-order valence-electron chi connectivity index (χ2n) is 4.69. The van der Waals surface area contributed by atoms with Crippen LogP contribution in [-0.4, -0.2) is 10.2 Å². The summed E-state index contributed by atoms with van der Waals surface area (Å²) in [7, 11) is 0. The molecule has 0 atom stereocenters. The summed E-state index contributed by atoms with van der Waals surface area (Å²) in [4.78, 5) is 17.0. The number of nitrogens with zero attached hydrogens (tertiary/aromatic N) is 1. The van der Waals surface area contributed by atoms with Crippen molar-refractivity contribution in [1.82, 2.24) is 4.98 Å². The van der Waals surface area contributed by atoms with Crippen LogP contribution in [0, 0.1) is 6.92 Å². The van der Waals surface area contributed by atoms with E-state index in [1.165, 1.54) is 28.7 Å². The van der Waals surface area contributed by atoms with E-state index >= 15 is 0 Å². The van der Waals surface area contributed by atoms with Crippen molar-refractivity contribution >= 4 is 33.5 Å². The summed E-state index contributed by atoms with van der Waals surface area (Å²) in [6.07, 6.45) is 1.67. The van der Waals surface area contributed by atoms with Crippen molar-refractivity contribution in [1.29, 1.82) is 0 Å². The van der Waals surface area contributed by atoms with Crippen molar-refractivity contribution in [3.05, 3.63) is 65.7 Å². The summed E-state index contributed by atoms with van der Waals surface area (Å²) in [6.45, 7) is 2.08. The Morgan fingerprint density at radius 3 is 2.73 bits per heavy atom. The molecule has 0 aliphatic heterocycles. The van der Waals surface area contributed by atoms with Crippen molar-refractivity contribution in [2.24, 2.45) is 0 Å². The normalized spacial score (nSPS) is 10.4. The van der Waals surface area contributed by atoms with Crippen LogP contribution in [0.5, 0.6) is 0 Å². The van der Waals surface area contributed by atoms with E-state index in [4.69, 9.17) is 0 Å². The number of rotatable bonds is 3. The van der Waals surface area contributed by atoms with Gasteiger partial charge in [-0.25, -0.2) is 4.98 Å². The molecular weight excluding hydrogens is 312 g/mol. The van der Waals surface area contributed by atoms with Crippen molar-refractivity contribution in [2.75, 3.05) is 5.32 Å². The van der Waals surface area contributed by atoms with Gasteiger partial charge in [-0.1, -0.05) is 36.4 Å². The van der Waals surface area contributed by atoms with E-state index in [0.717, 1.165) is 16.0 Å². The molecule has 3 rings (SSSR count). The highest BCUT2D eigenvalue weighted by molar-refractivity contribution is 8.14. The van der Waals surface area contributed by atoms with Gasteiger partial charge in [0.05, 0.1) is 0 Å². The maximum atomic E-state index is 12.0. The third-order valence-corrected chi connectivity index (χ3v) is 4.61. The Hall–Kier alpha value is -2.11. The summed E-state index contributed by atoms with van der Waals surface area (Å²) in [5.74, 6) is 0. The molecule has 0 unspecified atom stereocenters. The number of amides is 1. The zero-order valence-corrected chi connectivity index (χ0v) is 13.6. The molecule has 110 valence electrons. The van der Waals surface area contributed by atoms with Gasteiger partial charge < -0.3 is 0 Å². The molecule has 1 heterocycles. The molecule has 1 amide bonds. The Labute approximate surface area is 137 Å². The first-order valence-electron chi connectivity index (χ1n) is 6.77. The Morgan fingerprint density at radius 2 is 2.00 bits per heavy atom. The second-order valence-corrected chi connectivity index (χ2v) is 6.64. The van der Waals surface area contributed by atoms with Crippen molar-refractivity contribution in [3.8, 4) is 11.1 Å². The maximum absolute atomic E-state index is 12.0. The van der Waals surface area contributed by atoms with Crippen LogP contribution in [0.3, 0.4) is 0 Å². The van der Waals surface area contributed by atoms with Gasteiger partial charge in [0.15, 0.2) is 5.13 Å². The number of hydrogen-bond donors (Lipinski definition) is 1. The molecule has 0 bridgehead atoms. The molecule has 1 N–H and O–H groups in total. The Morgan fingerprint density at radius 1 is 1.18 bits per heavy atom. The average molecular weight is 326 g/mol. The van der Waals surface area contributed by atoms with Gasteiger partial charge in [0, 0.05) is 16.5 Å². The van der Waals surface area contributed by atoms with Crippen LogP contribution in [-0.2, 0) is 0 Å². The quantitative estimate of drug-likeness (QED) is 0.651. The lowest BCUT2D eigenvalue weighted by Crippen LogP contribution is -2.04. The van der Waals surface area contributed by atoms with Gasteiger partial charge in [0.2, 0.25) is 0 Å². The van der Waals surface area contributed by atoms with Crippen LogP contribution in [0.2, 0.25) is 0 Å². The van der Waals surface area contributed by atoms with Crippen LogP contribution >= 0.6 is 23.1 Å². The smallest absolute Gasteiger partial charge is 0.290 e. The lowest BCUT2D eigenvalue weighted by molar-refractivity contribution is 0.270. The number of benzene rings is 2. The molecule has 0 saturated heterocycles. The van der Waals surface area contributed by atoms with Gasteiger partial charge in [-0.2, -0.15) is 0 Å². The van der Waals surface area contributed by atoms with Crippen LogP contribution in [0.15, 0.2) is 65.0 Å². The third kappa shape index (κ3) is 3.55. The topological polar surface area (TPSA) is 42.0 Å². The van der Waals surface area contributed by atoms with E-state index in [1.807, 2.05) is 35.7 Å². The molecule has 3 nitrogen and oxygen atoms in total. The van der Waals surface area contributed by atoms with E-state index in [9.17, 15) is 4.79 Å². The van der Waals surface area contributed by atoms with E-state index < -0.39 is 0 Å². The summed E-state index contributed by atoms with van der Waals surface area (Å²) >= 11 is 2.58. The highest BCUT2D eigenvalue weighted by Gasteiger charge is 2.09. The van der Waals surface area contributed by atoms with Gasteiger partial charge in [0.1, 0.15) is 0 Å². The van der Waals surface area contributed by atoms with Gasteiger partial charge >= 0.3 is 0 Å². The Bertz CT molecular complexity index is 771. The minimum atomic E-state index is -0.127. The zero-order chi connectivity index (χ0) is 15.4. The summed E-state index contributed by atoms with van der Waals surface area (Å²) in [6, 6.07) is 16.2. The first-order valence-corrected chi connectivity index (χ1v) is 8.46. The van der Waals surface area contributed by atoms with Gasteiger partial charge in [0.25, 0.3) is 5.24 Å². The van der Waals surface area contributed by atoms with E-state index in [2.05, 4.69) is 35.4 Å². The number of hydrogen-bond acceptors (Lipinski definition) is 4. The molecule has 0 saturated carbocycles. The second kappa shape index (κ2) is 6.77. The SMILES string of the molecule is Cc1ccc(SC(=O)Nc2nccs2)cc1-c1ccccc1. The number of carbonyl (C=O) groups is 1. The van der Waals surface area contributed by atoms with Crippen LogP contribution in [0.4, 0.5) is 9.93 Å². The fourth-order valence-electron chi connectivity index (χ4n) is 2.10. The largest absolute Gasteiger partial charge is 0.292 e. The molecule has 0 aliphatic rings. The number of anilines is 1. The molecule has 3 aromatic rings. The number of nitrogens with one attached hydrogen (secondary N) is 1. The van der Waals surface area contributed by atoms with Gasteiger partial charge in [-0.3, -0.25) is 10.1 Å². The monoisotopic (exact) mass is 326 g/mol. The maximum Gasteiger partial charge on any atom is 0.290 e. The predicted molar refractivity (Wildman–Crippen MR) is 93.6 cm³/mol. The molecule has 0 radical (unpaired) electrons. The number of thiazole rings is 1. The molecule has 22 heavy (non-hydrogen) atoms. The van der Waals surface area contributed by atoms with Crippen molar-refractivity contribution in [3.63, 3.8) is 0 Å². The molecular formula is C17H14N2OS2. The third-order valence-electron chi connectivity index (χ3n) is 3.15. The van der Waals surface area contributed by atoms with E-state index in [0.29, 0.717) is 5.13 Å². The fraction of sp³-hybridized carbons (Fsp3) is 0.0588. The standard InChI is InChI=1S/C17H14N2OS2/c1-12-7-8-14(11-15(12)13-5-3-2-4-6-13)22-17(20)19-16-18-9-10-21-16/h2-11H,1H3,(H,18,19,20). The van der Waals surface area contributed by atoms with Crippen LogP contribution < -0.4 is 5.32 Å². The lowest BCUT2D eigenvalue weighted by Gasteiger charge is -2.08. The highest BCUT2D eigenvalue weighted by Crippen LogP contribution is 2.29. The summed E-state index contributed by atoms with van der Waals surface area (Å²) in [5.41, 5.74) is 3.49. The van der Waals surface area contributed by atoms with Crippen molar-refractivity contribution < 1.29 is 4.79 Å². The van der Waals surface area contributed by atoms with Crippen LogP contribution in [0.25, 0.3) is 11.1 Å². The average Bonchev–Trinajstić information content (AvgIpc) is 3.03. The molecule has 0 spiro atoms. The summed E-state index contributed by atoms with van der Waals surface area (Å²) in [5, 5.41) is 5.10. The first-order chi connectivity index (χ1) is 10.7. The molecule has 2 aromatic carbocycles. The van der Waals surface area contributed by atoms with Gasteiger partial charge in [-0.05, 0) is 47.5 Å². The minimum absolute atomic E-state index is 0.127. The first kappa shape index (κ1) is 14.8. The van der Waals surface area contributed by atoms with Crippen molar-refractivity contribution in [2.45, 2.75) is 11.8 Å². The zero-order valence-electron chi connectivity index (χ0n) is 11.9. The van der Waals surface area contributed by atoms with E-state index in [-0.39, 0.29) is 5.24 Å². The number of thioether (sulfide) groups is 1. The molecule has 5 heteroatoms. The minimum Gasteiger partial charge on any atom is -0.292 e. The highest BCUT2D eigenvalue weighted by atomic mass is 32.2. The molecule has 0 fully saturated rings.